The lowest BCUT2D eigenvalue weighted by molar-refractivity contribution is 0.0601. The Morgan fingerprint density at radius 3 is 2.18 bits per heavy atom. The van der Waals surface area contributed by atoms with Gasteiger partial charge in [0.1, 0.15) is 11.5 Å². The minimum atomic E-state index is -0.376. The number of carbonyl (C=O) groups excluding carboxylic acids is 1. The quantitative estimate of drug-likeness (QED) is 0.416. The van der Waals surface area contributed by atoms with Crippen LogP contribution >= 0.6 is 0 Å². The van der Waals surface area contributed by atoms with Gasteiger partial charge in [-0.05, 0) is 42.0 Å². The van der Waals surface area contributed by atoms with E-state index in [1.807, 2.05) is 48.5 Å². The second kappa shape index (κ2) is 8.81. The van der Waals surface area contributed by atoms with E-state index in [2.05, 4.69) is 10.2 Å². The van der Waals surface area contributed by atoms with Gasteiger partial charge in [-0.15, -0.1) is 5.11 Å². The lowest BCUT2D eigenvalue weighted by Gasteiger charge is -2.09. The molecule has 0 spiro atoms. The number of ether oxygens (including phenoxy) is 3. The molecule has 0 aliphatic rings. The molecule has 3 aromatic carbocycles. The zero-order valence-electron chi connectivity index (χ0n) is 15.9. The van der Waals surface area contributed by atoms with Crippen LogP contribution in [0.5, 0.6) is 11.5 Å². The van der Waals surface area contributed by atoms with Crippen LogP contribution in [0.1, 0.15) is 10.4 Å². The maximum absolute atomic E-state index is 11.6. The Morgan fingerprint density at radius 1 is 0.786 bits per heavy atom. The first kappa shape index (κ1) is 19.1. The molecule has 0 amide bonds. The van der Waals surface area contributed by atoms with E-state index in [1.165, 1.54) is 7.11 Å². The molecule has 3 aromatic rings. The average Bonchev–Trinajstić information content (AvgIpc) is 2.77. The van der Waals surface area contributed by atoms with E-state index in [4.69, 9.17) is 14.2 Å². The van der Waals surface area contributed by atoms with Gasteiger partial charge < -0.3 is 14.2 Å². The van der Waals surface area contributed by atoms with E-state index in [0.717, 1.165) is 11.1 Å². The summed E-state index contributed by atoms with van der Waals surface area (Å²) in [5.41, 5.74) is 3.57. The first-order chi connectivity index (χ1) is 13.6. The molecule has 0 unspecified atom stereocenters. The van der Waals surface area contributed by atoms with Crippen molar-refractivity contribution in [2.24, 2.45) is 10.2 Å². The smallest absolute Gasteiger partial charge is 0.337 e. The third-order valence-corrected chi connectivity index (χ3v) is 4.15. The van der Waals surface area contributed by atoms with Gasteiger partial charge in [-0.1, -0.05) is 18.2 Å². The van der Waals surface area contributed by atoms with Crippen molar-refractivity contribution >= 4 is 17.3 Å². The van der Waals surface area contributed by atoms with E-state index in [9.17, 15) is 4.79 Å². The van der Waals surface area contributed by atoms with Crippen LogP contribution in [0.2, 0.25) is 0 Å². The molecule has 0 N–H and O–H groups in total. The van der Waals surface area contributed by atoms with Crippen LogP contribution in [-0.2, 0) is 4.74 Å². The summed E-state index contributed by atoms with van der Waals surface area (Å²) in [6.45, 7) is 0. The number of methoxy groups -OCH3 is 3. The summed E-state index contributed by atoms with van der Waals surface area (Å²) >= 11 is 0. The summed E-state index contributed by atoms with van der Waals surface area (Å²) in [5.74, 6) is 1.01. The molecular formula is C22H20N2O4. The van der Waals surface area contributed by atoms with Crippen LogP contribution in [-0.4, -0.2) is 27.3 Å². The molecule has 0 saturated heterocycles. The Morgan fingerprint density at radius 2 is 1.50 bits per heavy atom. The summed E-state index contributed by atoms with van der Waals surface area (Å²) in [4.78, 5) is 11.6. The summed E-state index contributed by atoms with van der Waals surface area (Å²) in [6.07, 6.45) is 0. The Bertz CT molecular complexity index is 998. The van der Waals surface area contributed by atoms with Crippen molar-refractivity contribution in [1.29, 1.82) is 0 Å². The van der Waals surface area contributed by atoms with E-state index in [1.54, 1.807) is 32.4 Å². The molecule has 28 heavy (non-hydrogen) atoms. The number of nitrogens with zero attached hydrogens (tertiary/aromatic N) is 2. The Hall–Kier alpha value is -3.67. The van der Waals surface area contributed by atoms with Gasteiger partial charge >= 0.3 is 5.97 Å². The molecule has 3 rings (SSSR count). The monoisotopic (exact) mass is 376 g/mol. The standard InChI is InChI=1S/C22H20N2O4/c1-26-18-6-4-5-17(13-18)23-24-21-14-19(27-2)11-12-20(21)15-7-9-16(10-8-15)22(25)28-3/h4-14H,1-3H3. The second-order valence-electron chi connectivity index (χ2n) is 5.85. The van der Waals surface area contributed by atoms with Gasteiger partial charge in [0.2, 0.25) is 0 Å². The number of hydrogen-bond donors (Lipinski definition) is 0. The van der Waals surface area contributed by atoms with Crippen LogP contribution in [0.4, 0.5) is 11.4 Å². The molecule has 0 aliphatic heterocycles. The van der Waals surface area contributed by atoms with Gasteiger partial charge in [0.05, 0.1) is 38.3 Å². The summed E-state index contributed by atoms with van der Waals surface area (Å²) in [5, 5.41) is 8.73. The predicted octanol–water partition coefficient (Wildman–Crippen LogP) is 5.57. The minimum absolute atomic E-state index is 0.376. The van der Waals surface area contributed by atoms with Crippen molar-refractivity contribution in [3.05, 3.63) is 72.3 Å². The van der Waals surface area contributed by atoms with Gasteiger partial charge in [-0.25, -0.2) is 4.79 Å². The molecule has 0 aromatic heterocycles. The molecule has 0 atom stereocenters. The minimum Gasteiger partial charge on any atom is -0.497 e. The molecule has 0 heterocycles. The highest BCUT2D eigenvalue weighted by Gasteiger charge is 2.10. The van der Waals surface area contributed by atoms with Gasteiger partial charge in [-0.3, -0.25) is 0 Å². The largest absolute Gasteiger partial charge is 0.497 e. The fourth-order valence-corrected chi connectivity index (χ4v) is 2.65. The number of esters is 1. The van der Waals surface area contributed by atoms with Crippen LogP contribution in [0.3, 0.4) is 0 Å². The van der Waals surface area contributed by atoms with Crippen molar-refractivity contribution in [2.75, 3.05) is 21.3 Å². The molecular weight excluding hydrogens is 356 g/mol. The maximum Gasteiger partial charge on any atom is 0.337 e. The van der Waals surface area contributed by atoms with Gasteiger partial charge in [0.15, 0.2) is 0 Å². The fraction of sp³-hybridized carbons (Fsp3) is 0.136. The van der Waals surface area contributed by atoms with E-state index >= 15 is 0 Å². The molecule has 6 heteroatoms. The van der Waals surface area contributed by atoms with Crippen LogP contribution < -0.4 is 9.47 Å². The molecule has 142 valence electrons. The number of benzene rings is 3. The topological polar surface area (TPSA) is 69.5 Å². The van der Waals surface area contributed by atoms with Crippen LogP contribution in [0.25, 0.3) is 11.1 Å². The number of azo groups is 1. The SMILES string of the molecule is COC(=O)c1ccc(-c2ccc(OC)cc2N=Nc2cccc(OC)c2)cc1. The molecule has 0 bridgehead atoms. The molecule has 6 nitrogen and oxygen atoms in total. The maximum atomic E-state index is 11.6. The van der Waals surface area contributed by atoms with Crippen molar-refractivity contribution in [3.8, 4) is 22.6 Å². The summed E-state index contributed by atoms with van der Waals surface area (Å²) < 4.78 is 15.3. The van der Waals surface area contributed by atoms with E-state index < -0.39 is 0 Å². The Labute approximate surface area is 163 Å². The average molecular weight is 376 g/mol. The Kier molecular flexibility index (Phi) is 6.01. The molecule has 0 radical (unpaired) electrons. The van der Waals surface area contributed by atoms with Gasteiger partial charge in [0, 0.05) is 17.7 Å². The molecule has 0 aliphatic carbocycles. The van der Waals surface area contributed by atoms with Crippen molar-refractivity contribution in [3.63, 3.8) is 0 Å². The van der Waals surface area contributed by atoms with Crippen molar-refractivity contribution in [2.45, 2.75) is 0 Å². The lowest BCUT2D eigenvalue weighted by Crippen LogP contribution is -2.00. The number of hydrogen-bond acceptors (Lipinski definition) is 6. The van der Waals surface area contributed by atoms with Gasteiger partial charge in [0.25, 0.3) is 0 Å². The first-order valence-corrected chi connectivity index (χ1v) is 8.57. The highest BCUT2D eigenvalue weighted by atomic mass is 16.5. The third-order valence-electron chi connectivity index (χ3n) is 4.15. The summed E-state index contributed by atoms with van der Waals surface area (Å²) in [7, 11) is 4.56. The highest BCUT2D eigenvalue weighted by molar-refractivity contribution is 5.90. The zero-order chi connectivity index (χ0) is 19.9. The van der Waals surface area contributed by atoms with E-state index in [-0.39, 0.29) is 5.97 Å². The lowest BCUT2D eigenvalue weighted by atomic mass is 10.0. The van der Waals surface area contributed by atoms with Crippen molar-refractivity contribution in [1.82, 2.24) is 0 Å². The fourth-order valence-electron chi connectivity index (χ4n) is 2.65. The summed E-state index contributed by atoms with van der Waals surface area (Å²) in [6, 6.07) is 20.0. The first-order valence-electron chi connectivity index (χ1n) is 8.57. The predicted molar refractivity (Wildman–Crippen MR) is 107 cm³/mol. The van der Waals surface area contributed by atoms with Gasteiger partial charge in [-0.2, -0.15) is 5.11 Å². The normalized spacial score (nSPS) is 10.7. The third kappa shape index (κ3) is 4.35. The number of carbonyl (C=O) groups is 1. The van der Waals surface area contributed by atoms with Crippen LogP contribution in [0, 0.1) is 0 Å². The van der Waals surface area contributed by atoms with Crippen molar-refractivity contribution < 1.29 is 19.0 Å². The Balaban J connectivity index is 1.98. The number of rotatable bonds is 6. The zero-order valence-corrected chi connectivity index (χ0v) is 15.9. The molecule has 0 saturated carbocycles. The van der Waals surface area contributed by atoms with E-state index in [0.29, 0.717) is 28.4 Å². The molecule has 0 fully saturated rings. The highest BCUT2D eigenvalue weighted by Crippen LogP contribution is 2.35. The van der Waals surface area contributed by atoms with Crippen LogP contribution in [0.15, 0.2) is 77.0 Å². The second-order valence-corrected chi connectivity index (χ2v) is 5.85.